The molecule has 4 aromatic carbocycles. The highest BCUT2D eigenvalue weighted by Crippen LogP contribution is 2.54. The van der Waals surface area contributed by atoms with Gasteiger partial charge < -0.3 is 37.1 Å². The summed E-state index contributed by atoms with van der Waals surface area (Å²) in [4.78, 5) is 65.7. The Labute approximate surface area is 400 Å². The second-order valence-electron chi connectivity index (χ2n) is 21.0. The van der Waals surface area contributed by atoms with Crippen molar-refractivity contribution in [3.05, 3.63) is 118 Å². The number of nitrogens with one attached hydrogen (secondary N) is 5. The van der Waals surface area contributed by atoms with E-state index in [9.17, 15) is 24.0 Å². The SMILES string of the molecule is CC(C)C(N)C(=O)NCC(=O)Nc1ccc2c(c1)C1(C)CCCC(CNC(=O)C3CCCC4(C)c5cc(NC(=O)CNC(=O)OCC6c7ccccc7-c7ccccc76)ccc5CCC34)C1CC2. The van der Waals surface area contributed by atoms with Gasteiger partial charge in [0.05, 0.1) is 12.6 Å². The lowest BCUT2D eigenvalue weighted by Gasteiger charge is -2.51. The van der Waals surface area contributed by atoms with Crippen LogP contribution in [0.3, 0.4) is 0 Å². The molecule has 2 fully saturated rings. The number of nitrogens with two attached hydrogens (primary N) is 1. The second kappa shape index (κ2) is 19.5. The summed E-state index contributed by atoms with van der Waals surface area (Å²) in [6, 6.07) is 28.1. The molecule has 0 aromatic heterocycles. The maximum absolute atomic E-state index is 14.4. The summed E-state index contributed by atoms with van der Waals surface area (Å²) in [7, 11) is 0. The van der Waals surface area contributed by atoms with Crippen LogP contribution in [0.2, 0.25) is 0 Å². The number of alkyl carbamates (subject to hydrolysis) is 1. The van der Waals surface area contributed by atoms with Gasteiger partial charge in [-0.3, -0.25) is 19.2 Å². The zero-order chi connectivity index (χ0) is 47.7. The second-order valence-corrected chi connectivity index (χ2v) is 21.0. The number of benzene rings is 4. The van der Waals surface area contributed by atoms with E-state index in [1.807, 2.05) is 50.2 Å². The first kappa shape index (κ1) is 47.1. The van der Waals surface area contributed by atoms with Gasteiger partial charge in [-0.2, -0.15) is 0 Å². The van der Waals surface area contributed by atoms with Crippen molar-refractivity contribution >= 4 is 41.1 Å². The molecule has 0 radical (unpaired) electrons. The zero-order valence-corrected chi connectivity index (χ0v) is 40.1. The van der Waals surface area contributed by atoms with Gasteiger partial charge in [0.2, 0.25) is 23.6 Å². The van der Waals surface area contributed by atoms with Gasteiger partial charge in [-0.05, 0) is 155 Å². The molecule has 7 atom stereocenters. The minimum atomic E-state index is -0.667. The Kier molecular flexibility index (Phi) is 13.5. The molecule has 5 amide bonds. The molecule has 0 bridgehead atoms. The molecule has 9 rings (SSSR count). The van der Waals surface area contributed by atoms with E-state index in [-0.39, 0.29) is 77.8 Å². The number of anilines is 2. The zero-order valence-electron chi connectivity index (χ0n) is 40.1. The Hall–Kier alpha value is -6.01. The van der Waals surface area contributed by atoms with Crippen molar-refractivity contribution in [2.24, 2.45) is 35.3 Å². The Bertz CT molecular complexity index is 2550. The van der Waals surface area contributed by atoms with E-state index in [2.05, 4.69) is 89.0 Å². The molecule has 0 aliphatic heterocycles. The first-order valence-electron chi connectivity index (χ1n) is 25.0. The van der Waals surface area contributed by atoms with Gasteiger partial charge in [-0.25, -0.2) is 4.79 Å². The number of carbonyl (C=O) groups is 5. The van der Waals surface area contributed by atoms with Crippen molar-refractivity contribution in [1.29, 1.82) is 0 Å². The molecule has 5 aliphatic rings. The molecule has 12 heteroatoms. The monoisotopic (exact) mass is 921 g/mol. The highest BCUT2D eigenvalue weighted by atomic mass is 16.5. The summed E-state index contributed by atoms with van der Waals surface area (Å²) in [5.74, 6) is -0.0849. The van der Waals surface area contributed by atoms with E-state index < -0.39 is 12.1 Å². The molecule has 0 heterocycles. The average molecular weight is 921 g/mol. The van der Waals surface area contributed by atoms with Crippen LogP contribution in [0.5, 0.6) is 0 Å². The molecule has 68 heavy (non-hydrogen) atoms. The number of ether oxygens (including phenoxy) is 1. The first-order valence-corrected chi connectivity index (χ1v) is 25.0. The number of rotatable bonds is 13. The van der Waals surface area contributed by atoms with Crippen LogP contribution in [-0.4, -0.2) is 62.0 Å². The number of fused-ring (bicyclic) bond motifs is 9. The number of amides is 5. The van der Waals surface area contributed by atoms with Gasteiger partial charge in [-0.1, -0.05) is 101 Å². The molecule has 4 aromatic rings. The topological polar surface area (TPSA) is 181 Å². The van der Waals surface area contributed by atoms with Gasteiger partial charge in [0.25, 0.3) is 0 Å². The lowest BCUT2D eigenvalue weighted by Crippen LogP contribution is -2.51. The summed E-state index contributed by atoms with van der Waals surface area (Å²) in [5, 5.41) is 14.8. The predicted molar refractivity (Wildman–Crippen MR) is 265 cm³/mol. The van der Waals surface area contributed by atoms with Gasteiger partial charge >= 0.3 is 6.09 Å². The summed E-state index contributed by atoms with van der Waals surface area (Å²) in [5.41, 5.74) is 16.7. The molecule has 2 saturated carbocycles. The Balaban J connectivity index is 0.786. The van der Waals surface area contributed by atoms with Crippen molar-refractivity contribution in [2.45, 2.75) is 115 Å². The third kappa shape index (κ3) is 9.28. The lowest BCUT2D eigenvalue weighted by atomic mass is 9.54. The molecular weight excluding hydrogens is 853 g/mol. The molecule has 12 nitrogen and oxygen atoms in total. The fourth-order valence-electron chi connectivity index (χ4n) is 13.1. The van der Waals surface area contributed by atoms with Crippen LogP contribution in [0.1, 0.15) is 118 Å². The van der Waals surface area contributed by atoms with E-state index in [0.29, 0.717) is 24.1 Å². The lowest BCUT2D eigenvalue weighted by molar-refractivity contribution is -0.130. The highest BCUT2D eigenvalue weighted by molar-refractivity contribution is 5.96. The predicted octanol–water partition coefficient (Wildman–Crippen LogP) is 8.26. The molecular formula is C56H68N6O6. The third-order valence-corrected chi connectivity index (χ3v) is 16.7. The van der Waals surface area contributed by atoms with Crippen LogP contribution in [-0.2, 0) is 47.6 Å². The maximum Gasteiger partial charge on any atom is 0.407 e. The van der Waals surface area contributed by atoms with E-state index in [1.54, 1.807) is 0 Å². The number of hydrogen-bond acceptors (Lipinski definition) is 7. The molecule has 0 saturated heterocycles. The summed E-state index contributed by atoms with van der Waals surface area (Å²) >= 11 is 0. The number of hydrogen-bond donors (Lipinski definition) is 6. The normalized spacial score (nSPS) is 24.9. The molecule has 0 spiro atoms. The number of carbonyl (C=O) groups excluding carboxylic acids is 5. The fraction of sp³-hybridized carbons (Fsp3) is 0.482. The van der Waals surface area contributed by atoms with Crippen LogP contribution in [0.4, 0.5) is 16.2 Å². The summed E-state index contributed by atoms with van der Waals surface area (Å²) < 4.78 is 5.66. The summed E-state index contributed by atoms with van der Waals surface area (Å²) in [6.07, 6.45) is 9.16. The quantitative estimate of drug-likeness (QED) is 0.0781. The summed E-state index contributed by atoms with van der Waals surface area (Å²) in [6.45, 7) is 8.88. The maximum atomic E-state index is 14.4. The smallest absolute Gasteiger partial charge is 0.407 e. The van der Waals surface area contributed by atoms with Crippen LogP contribution >= 0.6 is 0 Å². The van der Waals surface area contributed by atoms with Crippen molar-refractivity contribution in [3.8, 4) is 11.1 Å². The van der Waals surface area contributed by atoms with Crippen molar-refractivity contribution in [1.82, 2.24) is 16.0 Å². The molecule has 7 N–H and O–H groups in total. The van der Waals surface area contributed by atoms with E-state index in [0.717, 1.165) is 92.1 Å². The largest absolute Gasteiger partial charge is 0.449 e. The van der Waals surface area contributed by atoms with E-state index in [4.69, 9.17) is 10.5 Å². The third-order valence-electron chi connectivity index (χ3n) is 16.7. The van der Waals surface area contributed by atoms with Crippen molar-refractivity contribution in [3.63, 3.8) is 0 Å². The molecule has 358 valence electrons. The van der Waals surface area contributed by atoms with Crippen LogP contribution < -0.4 is 32.3 Å². The van der Waals surface area contributed by atoms with Crippen LogP contribution in [0.15, 0.2) is 84.9 Å². The van der Waals surface area contributed by atoms with E-state index in [1.165, 1.54) is 22.3 Å². The van der Waals surface area contributed by atoms with Gasteiger partial charge in [0, 0.05) is 29.8 Å². The minimum absolute atomic E-state index is 0.0271. The molecule has 7 unspecified atom stereocenters. The Morgan fingerprint density at radius 3 is 1.82 bits per heavy atom. The first-order chi connectivity index (χ1) is 32.7. The van der Waals surface area contributed by atoms with Gasteiger partial charge in [-0.15, -0.1) is 0 Å². The van der Waals surface area contributed by atoms with Crippen molar-refractivity contribution in [2.75, 3.05) is 36.9 Å². The fourth-order valence-corrected chi connectivity index (χ4v) is 13.1. The molecule has 5 aliphatic carbocycles. The standard InChI is InChI=1S/C56H68N6O6/c1-33(2)51(57)53(66)59-30-49(63)61-37-21-17-34-19-23-45-36(11-9-25-55(45,3)47(34)27-37)29-58-52(65)43-16-10-26-56(4)46(43)24-20-35-18-22-38(28-48(35)56)62-50(64)31-60-54(67)68-32-44-41-14-7-5-12-39(41)40-13-6-8-15-42(40)44/h5-8,12-15,17-18,21-22,27-28,33,36,43-46,51H,9-11,16,19-20,23-26,29-32,57H2,1-4H3,(H,58,65)(H,59,66)(H,60,67)(H,61,63)(H,62,64). The van der Waals surface area contributed by atoms with Gasteiger partial charge in [0.15, 0.2) is 0 Å². The number of aryl methyl sites for hydroxylation is 2. The van der Waals surface area contributed by atoms with Crippen LogP contribution in [0.25, 0.3) is 11.1 Å². The average Bonchev–Trinajstić information content (AvgIpc) is 3.66. The minimum Gasteiger partial charge on any atom is -0.449 e. The van der Waals surface area contributed by atoms with Crippen molar-refractivity contribution < 1.29 is 28.7 Å². The van der Waals surface area contributed by atoms with Crippen LogP contribution in [0, 0.1) is 29.6 Å². The van der Waals surface area contributed by atoms with E-state index >= 15 is 0 Å². The Morgan fingerprint density at radius 2 is 1.22 bits per heavy atom. The Morgan fingerprint density at radius 1 is 0.676 bits per heavy atom. The van der Waals surface area contributed by atoms with Gasteiger partial charge in [0.1, 0.15) is 13.2 Å². The highest BCUT2D eigenvalue weighted by Gasteiger charge is 2.50.